The van der Waals surface area contributed by atoms with E-state index >= 15 is 0 Å². The Balaban J connectivity index is 1.81. The van der Waals surface area contributed by atoms with Crippen molar-refractivity contribution in [3.05, 3.63) is 18.3 Å². The maximum atomic E-state index is 12.5. The Morgan fingerprint density at radius 2 is 2.30 bits per heavy atom. The van der Waals surface area contributed by atoms with E-state index in [1.165, 1.54) is 0 Å². The molecular weight excluding hydrogens is 278 g/mol. The van der Waals surface area contributed by atoms with E-state index in [1.807, 2.05) is 6.92 Å². The summed E-state index contributed by atoms with van der Waals surface area (Å²) in [6.45, 7) is 2.53. The number of sulfonamides is 1. The number of aromatic nitrogens is 1. The Morgan fingerprint density at radius 3 is 2.95 bits per heavy atom. The molecule has 2 N–H and O–H groups in total. The zero-order valence-electron chi connectivity index (χ0n) is 11.4. The van der Waals surface area contributed by atoms with Crippen LogP contribution >= 0.6 is 0 Å². The fourth-order valence-electron chi connectivity index (χ4n) is 2.93. The van der Waals surface area contributed by atoms with Crippen molar-refractivity contribution in [2.45, 2.75) is 49.3 Å². The van der Waals surface area contributed by atoms with Crippen molar-refractivity contribution in [1.82, 2.24) is 9.71 Å². The normalized spacial score (nSPS) is 28.8. The molecule has 2 saturated heterocycles. The third kappa shape index (κ3) is 2.53. The molecule has 7 heteroatoms. The lowest BCUT2D eigenvalue weighted by Crippen LogP contribution is -2.41. The maximum Gasteiger partial charge on any atom is 0.244 e. The molecule has 20 heavy (non-hydrogen) atoms. The van der Waals surface area contributed by atoms with Crippen LogP contribution in [0.4, 0.5) is 5.82 Å². The molecule has 2 bridgehead atoms. The van der Waals surface area contributed by atoms with Gasteiger partial charge < -0.3 is 10.1 Å². The summed E-state index contributed by atoms with van der Waals surface area (Å²) in [6, 6.07) is 3.09. The van der Waals surface area contributed by atoms with Gasteiger partial charge in [-0.1, -0.05) is 0 Å². The second kappa shape index (κ2) is 5.31. The summed E-state index contributed by atoms with van der Waals surface area (Å²) in [5.74, 6) is 0.395. The average Bonchev–Trinajstić information content (AvgIpc) is 3.01. The van der Waals surface area contributed by atoms with Crippen LogP contribution in [-0.4, -0.2) is 38.2 Å². The average molecular weight is 297 g/mol. The van der Waals surface area contributed by atoms with Crippen LogP contribution < -0.4 is 10.0 Å². The lowest BCUT2D eigenvalue weighted by molar-refractivity contribution is 0.0996. The molecule has 3 atom stereocenters. The van der Waals surface area contributed by atoms with E-state index in [-0.39, 0.29) is 23.1 Å². The second-order valence-corrected chi connectivity index (χ2v) is 6.90. The lowest BCUT2D eigenvalue weighted by atomic mass is 9.96. The molecule has 1 aromatic rings. The topological polar surface area (TPSA) is 80.3 Å². The minimum atomic E-state index is -3.57. The number of fused-ring (bicyclic) bond motifs is 2. The fraction of sp³-hybridized carbons (Fsp3) is 0.615. The van der Waals surface area contributed by atoms with E-state index in [0.29, 0.717) is 12.4 Å². The number of hydrogen-bond donors (Lipinski definition) is 2. The number of pyridine rings is 1. The number of anilines is 1. The first kappa shape index (κ1) is 13.8. The summed E-state index contributed by atoms with van der Waals surface area (Å²) in [5, 5.41) is 2.98. The van der Waals surface area contributed by atoms with Gasteiger partial charge in [-0.05, 0) is 38.3 Å². The van der Waals surface area contributed by atoms with Gasteiger partial charge >= 0.3 is 0 Å². The third-order valence-corrected chi connectivity index (χ3v) is 5.34. The number of hydrogen-bond acceptors (Lipinski definition) is 5. The van der Waals surface area contributed by atoms with E-state index in [2.05, 4.69) is 15.0 Å². The van der Waals surface area contributed by atoms with Gasteiger partial charge in [-0.3, -0.25) is 0 Å². The number of ether oxygens (including phenoxy) is 1. The van der Waals surface area contributed by atoms with E-state index in [9.17, 15) is 8.42 Å². The summed E-state index contributed by atoms with van der Waals surface area (Å²) in [6.07, 6.45) is 4.56. The second-order valence-electron chi connectivity index (χ2n) is 5.22. The van der Waals surface area contributed by atoms with Crippen LogP contribution in [0.5, 0.6) is 0 Å². The Morgan fingerprint density at radius 1 is 1.45 bits per heavy atom. The van der Waals surface area contributed by atoms with Crippen LogP contribution in [0.2, 0.25) is 0 Å². The molecule has 0 aliphatic carbocycles. The fourth-order valence-corrected chi connectivity index (χ4v) is 4.34. The monoisotopic (exact) mass is 297 g/mol. The number of rotatable bonds is 5. The Hall–Kier alpha value is -1.18. The summed E-state index contributed by atoms with van der Waals surface area (Å²) < 4.78 is 33.5. The molecule has 110 valence electrons. The molecule has 2 aliphatic heterocycles. The first-order chi connectivity index (χ1) is 9.60. The Kier molecular flexibility index (Phi) is 3.66. The zero-order chi connectivity index (χ0) is 14.2. The van der Waals surface area contributed by atoms with Gasteiger partial charge in [0.05, 0.1) is 18.2 Å². The van der Waals surface area contributed by atoms with Gasteiger partial charge in [-0.25, -0.2) is 18.1 Å². The van der Waals surface area contributed by atoms with Crippen molar-refractivity contribution < 1.29 is 13.2 Å². The van der Waals surface area contributed by atoms with Gasteiger partial charge in [0, 0.05) is 12.7 Å². The lowest BCUT2D eigenvalue weighted by Gasteiger charge is -2.20. The molecule has 3 heterocycles. The quantitative estimate of drug-likeness (QED) is 0.851. The van der Waals surface area contributed by atoms with Gasteiger partial charge in [-0.2, -0.15) is 0 Å². The highest BCUT2D eigenvalue weighted by Gasteiger charge is 2.42. The van der Waals surface area contributed by atoms with Crippen LogP contribution in [0, 0.1) is 0 Å². The van der Waals surface area contributed by atoms with Gasteiger partial charge in [0.2, 0.25) is 10.0 Å². The molecule has 3 unspecified atom stereocenters. The highest BCUT2D eigenvalue weighted by molar-refractivity contribution is 7.89. The molecule has 0 aromatic carbocycles. The van der Waals surface area contributed by atoms with Crippen LogP contribution in [0.3, 0.4) is 0 Å². The van der Waals surface area contributed by atoms with Crippen LogP contribution in [0.15, 0.2) is 23.2 Å². The Labute approximate surface area is 119 Å². The highest BCUT2D eigenvalue weighted by atomic mass is 32.2. The van der Waals surface area contributed by atoms with Crippen molar-refractivity contribution >= 4 is 15.8 Å². The molecule has 2 aliphatic rings. The van der Waals surface area contributed by atoms with Crippen molar-refractivity contribution in [3.63, 3.8) is 0 Å². The number of nitrogens with zero attached hydrogens (tertiary/aromatic N) is 1. The maximum absolute atomic E-state index is 12.5. The number of nitrogens with one attached hydrogen (secondary N) is 2. The predicted octanol–water partition coefficient (Wildman–Crippen LogP) is 1.11. The molecule has 0 radical (unpaired) electrons. The summed E-state index contributed by atoms with van der Waals surface area (Å²) in [5.41, 5.74) is 0. The van der Waals surface area contributed by atoms with E-state index < -0.39 is 10.0 Å². The molecule has 2 fully saturated rings. The predicted molar refractivity (Wildman–Crippen MR) is 75.0 cm³/mol. The van der Waals surface area contributed by atoms with E-state index in [1.54, 1.807) is 18.3 Å². The third-order valence-electron chi connectivity index (χ3n) is 3.82. The van der Waals surface area contributed by atoms with Crippen molar-refractivity contribution in [2.75, 3.05) is 11.9 Å². The minimum absolute atomic E-state index is 0.0223. The molecular formula is C13H19N3O3S. The van der Waals surface area contributed by atoms with Gasteiger partial charge in [-0.15, -0.1) is 0 Å². The molecule has 1 aromatic heterocycles. The van der Waals surface area contributed by atoms with Crippen molar-refractivity contribution in [1.29, 1.82) is 0 Å². The molecule has 6 nitrogen and oxygen atoms in total. The van der Waals surface area contributed by atoms with Gasteiger partial charge in [0.15, 0.2) is 0 Å². The molecule has 3 rings (SSSR count). The van der Waals surface area contributed by atoms with E-state index in [4.69, 9.17) is 4.74 Å². The Bertz CT molecular complexity index is 590. The van der Waals surface area contributed by atoms with Gasteiger partial charge in [0.25, 0.3) is 0 Å². The van der Waals surface area contributed by atoms with Crippen LogP contribution in [0.1, 0.15) is 26.2 Å². The molecule has 0 spiro atoms. The first-order valence-corrected chi connectivity index (χ1v) is 8.45. The molecule has 0 saturated carbocycles. The van der Waals surface area contributed by atoms with E-state index in [0.717, 1.165) is 19.3 Å². The largest absolute Gasteiger partial charge is 0.373 e. The summed E-state index contributed by atoms with van der Waals surface area (Å²) in [4.78, 5) is 4.29. The summed E-state index contributed by atoms with van der Waals surface area (Å²) in [7, 11) is -3.57. The highest BCUT2D eigenvalue weighted by Crippen LogP contribution is 2.35. The van der Waals surface area contributed by atoms with Gasteiger partial charge in [0.1, 0.15) is 10.7 Å². The smallest absolute Gasteiger partial charge is 0.244 e. The standard InChI is InChI=1S/C13H19N3O3S/c1-2-14-13-12(4-3-7-15-13)20(17,18)16-10-8-9-5-6-11(10)19-9/h3-4,7,9-11,16H,2,5-6,8H2,1H3,(H,14,15). The van der Waals surface area contributed by atoms with Crippen molar-refractivity contribution in [3.8, 4) is 0 Å². The SMILES string of the molecule is CCNc1ncccc1S(=O)(=O)NC1CC2CCC1O2. The summed E-state index contributed by atoms with van der Waals surface area (Å²) >= 11 is 0. The minimum Gasteiger partial charge on any atom is -0.373 e. The van der Waals surface area contributed by atoms with Crippen LogP contribution in [0.25, 0.3) is 0 Å². The molecule has 0 amide bonds. The van der Waals surface area contributed by atoms with Crippen LogP contribution in [-0.2, 0) is 14.8 Å². The zero-order valence-corrected chi connectivity index (χ0v) is 12.2. The van der Waals surface area contributed by atoms with Crippen molar-refractivity contribution in [2.24, 2.45) is 0 Å². The first-order valence-electron chi connectivity index (χ1n) is 6.97.